The van der Waals surface area contributed by atoms with Crippen molar-refractivity contribution < 1.29 is 13.9 Å². The lowest BCUT2D eigenvalue weighted by Crippen LogP contribution is -2.30. The third-order valence-electron chi connectivity index (χ3n) is 3.48. The van der Waals surface area contributed by atoms with Crippen molar-refractivity contribution in [2.75, 3.05) is 13.2 Å². The van der Waals surface area contributed by atoms with Crippen molar-refractivity contribution in [3.63, 3.8) is 0 Å². The zero-order valence-electron chi connectivity index (χ0n) is 13.3. The van der Waals surface area contributed by atoms with E-state index in [9.17, 15) is 4.39 Å². The van der Waals surface area contributed by atoms with Gasteiger partial charge in [0, 0.05) is 23.9 Å². The molecule has 5 heteroatoms. The molecule has 0 spiro atoms. The van der Waals surface area contributed by atoms with Gasteiger partial charge < -0.3 is 9.47 Å². The molecule has 24 heavy (non-hydrogen) atoms. The summed E-state index contributed by atoms with van der Waals surface area (Å²) in [4.78, 5) is 8.50. The lowest BCUT2D eigenvalue weighted by molar-refractivity contribution is -0.160. The molecule has 1 aliphatic heterocycles. The second-order valence-corrected chi connectivity index (χ2v) is 5.36. The number of ether oxygens (including phenoxy) is 2. The summed E-state index contributed by atoms with van der Waals surface area (Å²) in [7, 11) is 0. The third-order valence-corrected chi connectivity index (χ3v) is 3.48. The standard InChI is InChI=1S/C19H17FN2O2/c1-2-3-15-12-23-18(24-13-15)9-4-14-10-21-19(22-11-14)16-5-7-17(20)8-6-16/h2-3,5-8,10-11,15,18H,12-13H2,1H3/t15-,18-. The molecule has 1 aromatic carbocycles. The lowest BCUT2D eigenvalue weighted by atomic mass is 10.1. The van der Waals surface area contributed by atoms with Crippen LogP contribution in [0.1, 0.15) is 12.5 Å². The van der Waals surface area contributed by atoms with Crippen molar-refractivity contribution in [3.05, 3.63) is 60.2 Å². The van der Waals surface area contributed by atoms with Crippen LogP contribution in [0.4, 0.5) is 4.39 Å². The Morgan fingerprint density at radius 3 is 2.42 bits per heavy atom. The van der Waals surface area contributed by atoms with Gasteiger partial charge in [-0.15, -0.1) is 0 Å². The van der Waals surface area contributed by atoms with Crippen molar-refractivity contribution in [1.29, 1.82) is 0 Å². The molecule has 1 aromatic heterocycles. The van der Waals surface area contributed by atoms with Crippen LogP contribution in [0.15, 0.2) is 48.8 Å². The summed E-state index contributed by atoms with van der Waals surface area (Å²) >= 11 is 0. The molecule has 0 bridgehead atoms. The molecule has 0 N–H and O–H groups in total. The molecule has 1 saturated heterocycles. The van der Waals surface area contributed by atoms with Crippen LogP contribution in [0.25, 0.3) is 11.4 Å². The minimum Gasteiger partial charge on any atom is -0.341 e. The number of rotatable bonds is 2. The van der Waals surface area contributed by atoms with Gasteiger partial charge >= 0.3 is 0 Å². The summed E-state index contributed by atoms with van der Waals surface area (Å²) in [5, 5.41) is 0. The van der Waals surface area contributed by atoms with Gasteiger partial charge in [0.25, 0.3) is 0 Å². The quantitative estimate of drug-likeness (QED) is 0.628. The summed E-state index contributed by atoms with van der Waals surface area (Å²) in [5.41, 5.74) is 1.42. The summed E-state index contributed by atoms with van der Waals surface area (Å²) in [5.74, 6) is 6.39. The first kappa shape index (κ1) is 16.3. The Balaban J connectivity index is 1.62. The van der Waals surface area contributed by atoms with Crippen LogP contribution < -0.4 is 0 Å². The van der Waals surface area contributed by atoms with E-state index in [4.69, 9.17) is 9.47 Å². The van der Waals surface area contributed by atoms with E-state index >= 15 is 0 Å². The van der Waals surface area contributed by atoms with E-state index in [1.807, 2.05) is 13.0 Å². The molecular weight excluding hydrogens is 307 g/mol. The fraction of sp³-hybridized carbons (Fsp3) is 0.263. The summed E-state index contributed by atoms with van der Waals surface area (Å²) in [6.07, 6.45) is 6.78. The van der Waals surface area contributed by atoms with E-state index < -0.39 is 6.29 Å². The number of allylic oxidation sites excluding steroid dienone is 1. The highest BCUT2D eigenvalue weighted by atomic mass is 19.1. The zero-order valence-corrected chi connectivity index (χ0v) is 13.3. The largest absolute Gasteiger partial charge is 0.341 e. The Bertz CT molecular complexity index is 753. The van der Waals surface area contributed by atoms with Gasteiger partial charge in [0.2, 0.25) is 6.29 Å². The van der Waals surface area contributed by atoms with Crippen molar-refractivity contribution in [3.8, 4) is 23.2 Å². The fourth-order valence-electron chi connectivity index (χ4n) is 2.27. The predicted molar refractivity (Wildman–Crippen MR) is 88.3 cm³/mol. The number of benzene rings is 1. The van der Waals surface area contributed by atoms with Crippen LogP contribution in [0.2, 0.25) is 0 Å². The first-order chi connectivity index (χ1) is 11.7. The normalized spacial score (nSPS) is 20.6. The summed E-state index contributed by atoms with van der Waals surface area (Å²) < 4.78 is 24.0. The SMILES string of the molecule is CC=C[C@H]1CO[C@H](C#Cc2cnc(-c3ccc(F)cc3)nc2)OC1. The first-order valence-corrected chi connectivity index (χ1v) is 7.70. The van der Waals surface area contributed by atoms with Gasteiger partial charge in [-0.2, -0.15) is 0 Å². The maximum atomic E-state index is 12.9. The molecule has 3 rings (SSSR count). The van der Waals surface area contributed by atoms with Crippen molar-refractivity contribution in [2.45, 2.75) is 13.2 Å². The number of nitrogens with zero attached hydrogens (tertiary/aromatic N) is 2. The molecule has 0 amide bonds. The molecule has 1 aliphatic rings. The van der Waals surface area contributed by atoms with Crippen molar-refractivity contribution >= 4 is 0 Å². The van der Waals surface area contributed by atoms with Crippen LogP contribution in [0.5, 0.6) is 0 Å². The second kappa shape index (κ2) is 7.82. The van der Waals surface area contributed by atoms with Gasteiger partial charge in [0.05, 0.1) is 18.8 Å². The Hall–Kier alpha value is -2.55. The number of hydrogen-bond acceptors (Lipinski definition) is 4. The highest BCUT2D eigenvalue weighted by Gasteiger charge is 2.18. The maximum Gasteiger partial charge on any atom is 0.222 e. The topological polar surface area (TPSA) is 44.2 Å². The van der Waals surface area contributed by atoms with Gasteiger partial charge in [-0.1, -0.05) is 18.1 Å². The molecule has 2 aromatic rings. The predicted octanol–water partition coefficient (Wildman–Crippen LogP) is 3.20. The fourth-order valence-corrected chi connectivity index (χ4v) is 2.27. The molecule has 0 radical (unpaired) electrons. The molecule has 2 heterocycles. The van der Waals surface area contributed by atoms with Crippen molar-refractivity contribution in [2.24, 2.45) is 5.92 Å². The minimum atomic E-state index is -0.525. The van der Waals surface area contributed by atoms with Crippen LogP contribution in [0.3, 0.4) is 0 Å². The molecule has 1 fully saturated rings. The Morgan fingerprint density at radius 2 is 1.79 bits per heavy atom. The van der Waals surface area contributed by atoms with E-state index in [2.05, 4.69) is 27.9 Å². The first-order valence-electron chi connectivity index (χ1n) is 7.70. The van der Waals surface area contributed by atoms with Gasteiger partial charge in [-0.3, -0.25) is 0 Å². The Kier molecular flexibility index (Phi) is 5.32. The van der Waals surface area contributed by atoms with Crippen LogP contribution >= 0.6 is 0 Å². The number of halogens is 1. The molecular formula is C19H17FN2O2. The van der Waals surface area contributed by atoms with E-state index in [0.29, 0.717) is 24.6 Å². The van der Waals surface area contributed by atoms with Crippen LogP contribution in [-0.2, 0) is 9.47 Å². The maximum absolute atomic E-state index is 12.9. The second-order valence-electron chi connectivity index (χ2n) is 5.36. The molecule has 122 valence electrons. The smallest absolute Gasteiger partial charge is 0.222 e. The Morgan fingerprint density at radius 1 is 1.12 bits per heavy atom. The van der Waals surface area contributed by atoms with Crippen LogP contribution in [0, 0.1) is 23.6 Å². The molecule has 4 nitrogen and oxygen atoms in total. The monoisotopic (exact) mass is 324 g/mol. The highest BCUT2D eigenvalue weighted by molar-refractivity contribution is 5.54. The van der Waals surface area contributed by atoms with E-state index in [1.54, 1.807) is 24.5 Å². The third kappa shape index (κ3) is 4.25. The van der Waals surface area contributed by atoms with Gasteiger partial charge in [0.1, 0.15) is 5.82 Å². The molecule has 0 saturated carbocycles. The van der Waals surface area contributed by atoms with Gasteiger partial charge in [-0.05, 0) is 37.1 Å². The Labute approximate surface area is 140 Å². The van der Waals surface area contributed by atoms with Gasteiger partial charge in [-0.25, -0.2) is 14.4 Å². The lowest BCUT2D eigenvalue weighted by Gasteiger charge is -2.24. The number of hydrogen-bond donors (Lipinski definition) is 0. The zero-order chi connectivity index (χ0) is 16.8. The molecule has 0 unspecified atom stereocenters. The van der Waals surface area contributed by atoms with Gasteiger partial charge in [0.15, 0.2) is 5.82 Å². The summed E-state index contributed by atoms with van der Waals surface area (Å²) in [6, 6.07) is 6.04. The summed E-state index contributed by atoms with van der Waals surface area (Å²) in [6.45, 7) is 3.18. The van der Waals surface area contributed by atoms with E-state index in [-0.39, 0.29) is 11.7 Å². The van der Waals surface area contributed by atoms with E-state index in [0.717, 1.165) is 5.56 Å². The van der Waals surface area contributed by atoms with Crippen molar-refractivity contribution in [1.82, 2.24) is 9.97 Å². The van der Waals surface area contributed by atoms with E-state index in [1.165, 1.54) is 12.1 Å². The van der Waals surface area contributed by atoms with Crippen LogP contribution in [-0.4, -0.2) is 29.5 Å². The minimum absolute atomic E-state index is 0.284. The average Bonchev–Trinajstić information content (AvgIpc) is 2.63. The number of aromatic nitrogens is 2. The highest BCUT2D eigenvalue weighted by Crippen LogP contribution is 2.15. The average molecular weight is 324 g/mol. The molecule has 0 aliphatic carbocycles. The molecule has 0 atom stereocenters.